The molecule has 0 spiro atoms. The topological polar surface area (TPSA) is 37.8 Å². The number of halogens is 1. The van der Waals surface area contributed by atoms with Gasteiger partial charge in [0.15, 0.2) is 0 Å². The zero-order valence-corrected chi connectivity index (χ0v) is 11.4. The van der Waals surface area contributed by atoms with Crippen molar-refractivity contribution in [3.05, 3.63) is 46.8 Å². The fourth-order valence-electron chi connectivity index (χ4n) is 1.43. The molecule has 1 aromatic carbocycles. The standard InChI is InChI=1S/C13H14BrN3/c1-9(2)13-16-11(14)8-12(17-13)15-10-6-4-3-5-7-10/h3-9H,1-2H3,(H,15,16,17). The molecule has 0 unspecified atom stereocenters. The van der Waals surface area contributed by atoms with Crippen LogP contribution in [0.15, 0.2) is 41.0 Å². The molecular formula is C13H14BrN3. The van der Waals surface area contributed by atoms with Crippen LogP contribution in [0.3, 0.4) is 0 Å². The first kappa shape index (κ1) is 12.0. The van der Waals surface area contributed by atoms with E-state index in [0.29, 0.717) is 5.92 Å². The lowest BCUT2D eigenvalue weighted by Gasteiger charge is -2.09. The van der Waals surface area contributed by atoms with E-state index >= 15 is 0 Å². The number of benzene rings is 1. The fourth-order valence-corrected chi connectivity index (χ4v) is 1.83. The Bertz CT molecular complexity index is 497. The van der Waals surface area contributed by atoms with Crippen LogP contribution in [-0.2, 0) is 0 Å². The minimum absolute atomic E-state index is 0.309. The van der Waals surface area contributed by atoms with E-state index in [2.05, 4.69) is 45.1 Å². The molecule has 2 rings (SSSR count). The number of para-hydroxylation sites is 1. The first-order valence-corrected chi connectivity index (χ1v) is 6.31. The number of hydrogen-bond acceptors (Lipinski definition) is 3. The van der Waals surface area contributed by atoms with Crippen LogP contribution in [0.2, 0.25) is 0 Å². The number of nitrogens with one attached hydrogen (secondary N) is 1. The molecule has 0 aliphatic carbocycles. The summed E-state index contributed by atoms with van der Waals surface area (Å²) in [7, 11) is 0. The van der Waals surface area contributed by atoms with E-state index < -0.39 is 0 Å². The third-order valence-electron chi connectivity index (χ3n) is 2.27. The summed E-state index contributed by atoms with van der Waals surface area (Å²) >= 11 is 3.40. The maximum absolute atomic E-state index is 4.48. The molecule has 0 atom stereocenters. The van der Waals surface area contributed by atoms with Crippen molar-refractivity contribution in [2.24, 2.45) is 0 Å². The van der Waals surface area contributed by atoms with Gasteiger partial charge in [-0.05, 0) is 28.1 Å². The molecule has 4 heteroatoms. The van der Waals surface area contributed by atoms with Gasteiger partial charge in [-0.25, -0.2) is 9.97 Å². The number of nitrogens with zero attached hydrogens (tertiary/aromatic N) is 2. The van der Waals surface area contributed by atoms with Crippen molar-refractivity contribution in [3.63, 3.8) is 0 Å². The van der Waals surface area contributed by atoms with Crippen LogP contribution in [0.1, 0.15) is 25.6 Å². The van der Waals surface area contributed by atoms with E-state index in [4.69, 9.17) is 0 Å². The Morgan fingerprint density at radius 1 is 1.12 bits per heavy atom. The van der Waals surface area contributed by atoms with E-state index in [1.54, 1.807) is 0 Å². The zero-order valence-electron chi connectivity index (χ0n) is 9.81. The molecule has 0 fully saturated rings. The first-order valence-electron chi connectivity index (χ1n) is 5.51. The number of rotatable bonds is 3. The van der Waals surface area contributed by atoms with Gasteiger partial charge in [-0.3, -0.25) is 0 Å². The van der Waals surface area contributed by atoms with Crippen LogP contribution in [0.25, 0.3) is 0 Å². The van der Waals surface area contributed by atoms with Crippen LogP contribution < -0.4 is 5.32 Å². The predicted molar refractivity (Wildman–Crippen MR) is 73.5 cm³/mol. The maximum Gasteiger partial charge on any atom is 0.135 e. The molecule has 0 aliphatic heterocycles. The molecule has 17 heavy (non-hydrogen) atoms. The Morgan fingerprint density at radius 3 is 2.47 bits per heavy atom. The lowest BCUT2D eigenvalue weighted by molar-refractivity contribution is 0.771. The molecule has 0 radical (unpaired) electrons. The molecule has 0 aliphatic rings. The Morgan fingerprint density at radius 2 is 1.82 bits per heavy atom. The van der Waals surface area contributed by atoms with Crippen molar-refractivity contribution in [2.45, 2.75) is 19.8 Å². The average Bonchev–Trinajstić information content (AvgIpc) is 2.29. The van der Waals surface area contributed by atoms with E-state index in [1.165, 1.54) is 0 Å². The van der Waals surface area contributed by atoms with Gasteiger partial charge in [-0.2, -0.15) is 0 Å². The molecule has 1 heterocycles. The predicted octanol–water partition coefficient (Wildman–Crippen LogP) is 4.11. The van der Waals surface area contributed by atoms with Crippen molar-refractivity contribution >= 4 is 27.4 Å². The van der Waals surface area contributed by atoms with Crippen molar-refractivity contribution in [1.82, 2.24) is 9.97 Å². The van der Waals surface area contributed by atoms with Crippen molar-refractivity contribution in [1.29, 1.82) is 0 Å². The molecule has 1 aromatic heterocycles. The smallest absolute Gasteiger partial charge is 0.135 e. The van der Waals surface area contributed by atoms with E-state index in [9.17, 15) is 0 Å². The first-order chi connectivity index (χ1) is 8.15. The Hall–Kier alpha value is -1.42. The second kappa shape index (κ2) is 5.27. The third-order valence-corrected chi connectivity index (χ3v) is 2.68. The summed E-state index contributed by atoms with van der Waals surface area (Å²) in [5.41, 5.74) is 1.02. The number of anilines is 2. The molecule has 0 saturated carbocycles. The molecule has 2 aromatic rings. The van der Waals surface area contributed by atoms with Gasteiger partial charge in [0.2, 0.25) is 0 Å². The quantitative estimate of drug-likeness (QED) is 0.865. The molecule has 0 saturated heterocycles. The second-order valence-corrected chi connectivity index (χ2v) is 4.89. The highest BCUT2D eigenvalue weighted by atomic mass is 79.9. The summed E-state index contributed by atoms with van der Waals surface area (Å²) in [6.45, 7) is 4.15. The summed E-state index contributed by atoms with van der Waals surface area (Å²) in [5.74, 6) is 1.95. The highest BCUT2D eigenvalue weighted by Crippen LogP contribution is 2.20. The minimum Gasteiger partial charge on any atom is -0.340 e. The summed E-state index contributed by atoms with van der Waals surface area (Å²) in [6.07, 6.45) is 0. The van der Waals surface area contributed by atoms with Crippen LogP contribution in [0, 0.1) is 0 Å². The van der Waals surface area contributed by atoms with Gasteiger partial charge in [0.1, 0.15) is 16.2 Å². The summed E-state index contributed by atoms with van der Waals surface area (Å²) in [4.78, 5) is 8.82. The monoisotopic (exact) mass is 291 g/mol. The van der Waals surface area contributed by atoms with Gasteiger partial charge in [0.05, 0.1) is 0 Å². The van der Waals surface area contributed by atoms with Crippen LogP contribution in [-0.4, -0.2) is 9.97 Å². The van der Waals surface area contributed by atoms with E-state index in [1.807, 2.05) is 36.4 Å². The summed E-state index contributed by atoms with van der Waals surface area (Å²) in [6, 6.07) is 11.8. The largest absolute Gasteiger partial charge is 0.340 e. The molecule has 1 N–H and O–H groups in total. The SMILES string of the molecule is CC(C)c1nc(Br)cc(Nc2ccccc2)n1. The van der Waals surface area contributed by atoms with Crippen molar-refractivity contribution in [2.75, 3.05) is 5.32 Å². The van der Waals surface area contributed by atoms with Gasteiger partial charge in [-0.1, -0.05) is 32.0 Å². The third kappa shape index (κ3) is 3.27. The highest BCUT2D eigenvalue weighted by Gasteiger charge is 2.06. The lowest BCUT2D eigenvalue weighted by Crippen LogP contribution is -2.02. The summed E-state index contributed by atoms with van der Waals surface area (Å²) in [5, 5.41) is 3.26. The molecule has 88 valence electrons. The van der Waals surface area contributed by atoms with Crippen molar-refractivity contribution in [3.8, 4) is 0 Å². The lowest BCUT2D eigenvalue weighted by atomic mass is 10.2. The average molecular weight is 292 g/mol. The second-order valence-electron chi connectivity index (χ2n) is 4.08. The highest BCUT2D eigenvalue weighted by molar-refractivity contribution is 9.10. The number of aromatic nitrogens is 2. The fraction of sp³-hybridized carbons (Fsp3) is 0.231. The number of hydrogen-bond donors (Lipinski definition) is 1. The molecule has 0 bridgehead atoms. The summed E-state index contributed by atoms with van der Waals surface area (Å²) < 4.78 is 0.801. The van der Waals surface area contributed by atoms with Crippen LogP contribution in [0.4, 0.5) is 11.5 Å². The maximum atomic E-state index is 4.48. The van der Waals surface area contributed by atoms with Gasteiger partial charge in [0.25, 0.3) is 0 Å². The molecule has 0 amide bonds. The molecule has 3 nitrogen and oxygen atoms in total. The Balaban J connectivity index is 2.27. The Labute approximate surface area is 109 Å². The van der Waals surface area contributed by atoms with E-state index in [0.717, 1.165) is 21.9 Å². The van der Waals surface area contributed by atoms with Gasteiger partial charge in [0, 0.05) is 17.7 Å². The molecular weight excluding hydrogens is 278 g/mol. The Kier molecular flexibility index (Phi) is 3.74. The van der Waals surface area contributed by atoms with Gasteiger partial charge < -0.3 is 5.32 Å². The minimum atomic E-state index is 0.309. The van der Waals surface area contributed by atoms with Gasteiger partial charge in [-0.15, -0.1) is 0 Å². The van der Waals surface area contributed by atoms with Crippen LogP contribution in [0.5, 0.6) is 0 Å². The zero-order chi connectivity index (χ0) is 12.3. The van der Waals surface area contributed by atoms with Crippen LogP contribution >= 0.6 is 15.9 Å². The van der Waals surface area contributed by atoms with Gasteiger partial charge >= 0.3 is 0 Å². The van der Waals surface area contributed by atoms with Crippen molar-refractivity contribution < 1.29 is 0 Å². The normalized spacial score (nSPS) is 10.6. The van der Waals surface area contributed by atoms with E-state index in [-0.39, 0.29) is 0 Å².